The molecule has 5 nitrogen and oxygen atoms in total. The molecule has 1 unspecified atom stereocenters. The van der Waals surface area contributed by atoms with E-state index in [9.17, 15) is 4.79 Å². The number of amides is 1. The van der Waals surface area contributed by atoms with E-state index in [0.29, 0.717) is 19.7 Å². The molecule has 1 aromatic carbocycles. The number of carbonyl (C=O) groups is 1. The second kappa shape index (κ2) is 6.94. The molecule has 0 spiro atoms. The maximum atomic E-state index is 12.0. The minimum atomic E-state index is -0.492. The summed E-state index contributed by atoms with van der Waals surface area (Å²) >= 11 is 0. The topological polar surface area (TPSA) is 50.8 Å². The van der Waals surface area contributed by atoms with Crippen LogP contribution in [0.2, 0.25) is 0 Å². The fourth-order valence-corrected chi connectivity index (χ4v) is 2.16. The summed E-state index contributed by atoms with van der Waals surface area (Å²) in [4.78, 5) is 19.2. The molecule has 0 aromatic heterocycles. The lowest BCUT2D eigenvalue weighted by Gasteiger charge is -2.24. The molecule has 0 saturated carbocycles. The molecule has 1 atom stereocenters. The summed E-state index contributed by atoms with van der Waals surface area (Å²) < 4.78 is 5.37. The van der Waals surface area contributed by atoms with E-state index in [4.69, 9.17) is 9.57 Å². The van der Waals surface area contributed by atoms with Gasteiger partial charge in [0.25, 0.3) is 0 Å². The largest absolute Gasteiger partial charge is 0.444 e. The predicted molar refractivity (Wildman–Crippen MR) is 85.1 cm³/mol. The Balaban J connectivity index is 1.79. The van der Waals surface area contributed by atoms with E-state index in [-0.39, 0.29) is 12.1 Å². The van der Waals surface area contributed by atoms with Crippen molar-refractivity contribution in [3.63, 3.8) is 0 Å². The number of rotatable bonds is 4. The van der Waals surface area contributed by atoms with Gasteiger partial charge >= 0.3 is 6.09 Å². The molecule has 0 bridgehead atoms. The lowest BCUT2D eigenvalue weighted by Crippen LogP contribution is -2.38. The summed E-state index contributed by atoms with van der Waals surface area (Å²) in [6.45, 7) is 11.0. The van der Waals surface area contributed by atoms with Crippen LogP contribution in [-0.2, 0) is 16.2 Å². The first-order valence-electron chi connectivity index (χ1n) is 7.42. The molecule has 1 aromatic rings. The summed E-state index contributed by atoms with van der Waals surface area (Å²) in [6, 6.07) is 9.83. The van der Waals surface area contributed by atoms with Gasteiger partial charge in [0.1, 0.15) is 5.60 Å². The van der Waals surface area contributed by atoms with Gasteiger partial charge in [-0.3, -0.25) is 4.84 Å². The molecule has 120 valence electrons. The smallest absolute Gasteiger partial charge is 0.410 e. The Kier molecular flexibility index (Phi) is 5.21. The number of nitrogens with zero attached hydrogens (tertiary/aromatic N) is 1. The minimum absolute atomic E-state index is 0.0729. The quantitative estimate of drug-likeness (QED) is 0.686. The molecule has 22 heavy (non-hydrogen) atoms. The van der Waals surface area contributed by atoms with Crippen LogP contribution in [0.4, 0.5) is 4.79 Å². The number of nitrogens with one attached hydrogen (secondary N) is 1. The highest BCUT2D eigenvalue weighted by atomic mass is 16.6. The number of hydroxylamine groups is 1. The van der Waals surface area contributed by atoms with Gasteiger partial charge < -0.3 is 9.64 Å². The molecule has 1 saturated heterocycles. The van der Waals surface area contributed by atoms with E-state index < -0.39 is 5.60 Å². The van der Waals surface area contributed by atoms with Crippen molar-refractivity contribution in [1.29, 1.82) is 0 Å². The standard InChI is InChI=1S/C17H24N2O3/c1-13-10-19(16(20)22-17(2,3)4)11-15(13)18-21-12-14-8-6-5-7-9-14/h5-9,15,18H,1,10-12H2,2-4H3. The summed E-state index contributed by atoms with van der Waals surface area (Å²) in [5.74, 6) is 0. The van der Waals surface area contributed by atoms with Crippen molar-refractivity contribution in [3.05, 3.63) is 48.0 Å². The van der Waals surface area contributed by atoms with E-state index in [1.54, 1.807) is 4.90 Å². The van der Waals surface area contributed by atoms with Crippen molar-refractivity contribution in [2.45, 2.75) is 39.0 Å². The molecule has 1 fully saturated rings. The Morgan fingerprint density at radius 2 is 2.05 bits per heavy atom. The van der Waals surface area contributed by atoms with Gasteiger partial charge in [0.15, 0.2) is 0 Å². The second-order valence-corrected chi connectivity index (χ2v) is 6.46. The van der Waals surface area contributed by atoms with Crippen LogP contribution in [0.1, 0.15) is 26.3 Å². The summed E-state index contributed by atoms with van der Waals surface area (Å²) in [7, 11) is 0. The predicted octanol–water partition coefficient (Wildman–Crippen LogP) is 2.88. The molecule has 1 aliphatic rings. The first-order chi connectivity index (χ1) is 10.3. The molecule has 0 aliphatic carbocycles. The first-order valence-corrected chi connectivity index (χ1v) is 7.42. The van der Waals surface area contributed by atoms with Crippen LogP contribution >= 0.6 is 0 Å². The highest BCUT2D eigenvalue weighted by molar-refractivity contribution is 5.69. The van der Waals surface area contributed by atoms with Gasteiger partial charge in [-0.05, 0) is 31.9 Å². The van der Waals surface area contributed by atoms with Crippen LogP contribution in [0.5, 0.6) is 0 Å². The Hall–Kier alpha value is -1.85. The van der Waals surface area contributed by atoms with Crippen LogP contribution < -0.4 is 5.48 Å². The van der Waals surface area contributed by atoms with Crippen molar-refractivity contribution in [3.8, 4) is 0 Å². The number of ether oxygens (including phenoxy) is 1. The first kappa shape index (κ1) is 16.5. The molecular formula is C17H24N2O3. The molecule has 5 heteroatoms. The average molecular weight is 304 g/mol. The molecular weight excluding hydrogens is 280 g/mol. The fraction of sp³-hybridized carbons (Fsp3) is 0.471. The van der Waals surface area contributed by atoms with E-state index in [0.717, 1.165) is 11.1 Å². The van der Waals surface area contributed by atoms with E-state index in [1.165, 1.54) is 0 Å². The fourth-order valence-electron chi connectivity index (χ4n) is 2.16. The van der Waals surface area contributed by atoms with Crippen LogP contribution in [0.25, 0.3) is 0 Å². The summed E-state index contributed by atoms with van der Waals surface area (Å²) in [5.41, 5.74) is 4.49. The minimum Gasteiger partial charge on any atom is -0.444 e. The summed E-state index contributed by atoms with van der Waals surface area (Å²) in [6.07, 6.45) is -0.319. The third-order valence-electron chi connectivity index (χ3n) is 3.25. The van der Waals surface area contributed by atoms with Gasteiger partial charge in [-0.2, -0.15) is 5.48 Å². The molecule has 1 aliphatic heterocycles. The number of carbonyl (C=O) groups excluding carboxylic acids is 1. The third-order valence-corrected chi connectivity index (χ3v) is 3.25. The highest BCUT2D eigenvalue weighted by Gasteiger charge is 2.32. The van der Waals surface area contributed by atoms with Gasteiger partial charge in [-0.15, -0.1) is 0 Å². The monoisotopic (exact) mass is 304 g/mol. The van der Waals surface area contributed by atoms with Crippen molar-refractivity contribution in [2.75, 3.05) is 13.1 Å². The van der Waals surface area contributed by atoms with Crippen molar-refractivity contribution in [2.24, 2.45) is 0 Å². The molecule has 2 rings (SSSR count). The average Bonchev–Trinajstić information content (AvgIpc) is 2.80. The highest BCUT2D eigenvalue weighted by Crippen LogP contribution is 2.18. The van der Waals surface area contributed by atoms with Crippen molar-refractivity contribution >= 4 is 6.09 Å². The van der Waals surface area contributed by atoms with Gasteiger partial charge in [0.2, 0.25) is 0 Å². The molecule has 0 radical (unpaired) electrons. The zero-order chi connectivity index (χ0) is 16.2. The third kappa shape index (κ3) is 4.86. The number of hydrogen-bond acceptors (Lipinski definition) is 4. The van der Waals surface area contributed by atoms with E-state index >= 15 is 0 Å². The SMILES string of the molecule is C=C1CN(C(=O)OC(C)(C)C)CC1NOCc1ccccc1. The van der Waals surface area contributed by atoms with Crippen molar-refractivity contribution < 1.29 is 14.4 Å². The number of hydrogen-bond donors (Lipinski definition) is 1. The number of benzene rings is 1. The van der Waals surface area contributed by atoms with Gasteiger partial charge in [-0.1, -0.05) is 36.9 Å². The lowest BCUT2D eigenvalue weighted by molar-refractivity contribution is 0.00665. The van der Waals surface area contributed by atoms with Crippen LogP contribution in [0, 0.1) is 0 Å². The second-order valence-electron chi connectivity index (χ2n) is 6.46. The van der Waals surface area contributed by atoms with Crippen LogP contribution in [0.15, 0.2) is 42.5 Å². The lowest BCUT2D eigenvalue weighted by atomic mass is 10.2. The Morgan fingerprint density at radius 1 is 1.36 bits per heavy atom. The van der Waals surface area contributed by atoms with Crippen LogP contribution in [-0.4, -0.2) is 35.7 Å². The molecule has 1 N–H and O–H groups in total. The molecule has 1 amide bonds. The molecule has 1 heterocycles. The Labute approximate surface area is 131 Å². The zero-order valence-corrected chi connectivity index (χ0v) is 13.5. The normalized spacial score (nSPS) is 18.6. The van der Waals surface area contributed by atoms with Crippen LogP contribution in [0.3, 0.4) is 0 Å². The van der Waals surface area contributed by atoms with E-state index in [2.05, 4.69) is 12.1 Å². The Bertz CT molecular complexity index is 522. The summed E-state index contributed by atoms with van der Waals surface area (Å²) in [5, 5.41) is 0. The maximum absolute atomic E-state index is 12.0. The maximum Gasteiger partial charge on any atom is 0.410 e. The Morgan fingerprint density at radius 3 is 2.68 bits per heavy atom. The number of likely N-dealkylation sites (tertiary alicyclic amines) is 1. The van der Waals surface area contributed by atoms with Gasteiger partial charge in [0, 0.05) is 13.1 Å². The van der Waals surface area contributed by atoms with Gasteiger partial charge in [0.05, 0.1) is 12.6 Å². The van der Waals surface area contributed by atoms with Gasteiger partial charge in [-0.25, -0.2) is 4.79 Å². The van der Waals surface area contributed by atoms with Crippen molar-refractivity contribution in [1.82, 2.24) is 10.4 Å². The van der Waals surface area contributed by atoms with E-state index in [1.807, 2.05) is 51.1 Å². The zero-order valence-electron chi connectivity index (χ0n) is 13.5.